The lowest BCUT2D eigenvalue weighted by atomic mass is 9.79. The van der Waals surface area contributed by atoms with Gasteiger partial charge in [0.25, 0.3) is 0 Å². The first-order valence-electron chi connectivity index (χ1n) is 10.7. The smallest absolute Gasteiger partial charge is 0.340 e. The monoisotopic (exact) mass is 441 g/mol. The number of ether oxygens (including phenoxy) is 3. The minimum Gasteiger partial charge on any atom is -0.490 e. The molecule has 33 heavy (non-hydrogen) atoms. The Kier molecular flexibility index (Phi) is 6.22. The Labute approximate surface area is 194 Å². The van der Waals surface area contributed by atoms with Gasteiger partial charge in [0.15, 0.2) is 5.60 Å². The maximum Gasteiger partial charge on any atom is 0.340 e. The number of benzene rings is 3. The van der Waals surface area contributed by atoms with Crippen LogP contribution in [0.25, 0.3) is 0 Å². The molecule has 0 radical (unpaired) electrons. The Bertz CT molecular complexity index is 1110. The van der Waals surface area contributed by atoms with Gasteiger partial charge < -0.3 is 19.1 Å². The van der Waals surface area contributed by atoms with E-state index in [4.69, 9.17) is 14.2 Å². The molecule has 0 spiro atoms. The number of carbonyl (C=O) groups excluding carboxylic acids is 1. The molecular weight excluding hydrogens is 414 g/mol. The highest BCUT2D eigenvalue weighted by Crippen LogP contribution is 2.48. The van der Waals surface area contributed by atoms with Gasteiger partial charge in [0.1, 0.15) is 24.7 Å². The normalized spacial score (nSPS) is 13.6. The summed E-state index contributed by atoms with van der Waals surface area (Å²) in [7, 11) is 3.89. The first kappa shape index (κ1) is 22.2. The summed E-state index contributed by atoms with van der Waals surface area (Å²) in [5.74, 6) is 1.08. The standard InChI is InChI=1S/C28H27NO4/c1-5-17-31-23-12-7-20(8-13-23)28(21-9-14-24(15-10-21)32-18-6-2)26-16-11-22(29(3)4)19-25(26)27(30)33-28/h5-16,19H,1-2,17-18H2,3-4H3. The van der Waals surface area contributed by atoms with E-state index < -0.39 is 5.60 Å². The number of fused-ring (bicyclic) bond motifs is 1. The number of anilines is 1. The second-order valence-corrected chi connectivity index (χ2v) is 7.94. The SMILES string of the molecule is C=CCOc1ccc(C2(c3ccc(OCC=C)cc3)OC(=O)c3cc(N(C)C)ccc32)cc1. The van der Waals surface area contributed by atoms with Crippen molar-refractivity contribution in [2.24, 2.45) is 0 Å². The molecule has 5 nitrogen and oxygen atoms in total. The third-order valence-corrected chi connectivity index (χ3v) is 5.62. The summed E-state index contributed by atoms with van der Waals surface area (Å²) < 4.78 is 17.5. The Morgan fingerprint density at radius 2 is 1.36 bits per heavy atom. The van der Waals surface area contributed by atoms with Crippen LogP contribution in [0.15, 0.2) is 92.0 Å². The van der Waals surface area contributed by atoms with Crippen molar-refractivity contribution in [3.8, 4) is 11.5 Å². The van der Waals surface area contributed by atoms with E-state index in [1.165, 1.54) is 0 Å². The van der Waals surface area contributed by atoms with Crippen LogP contribution in [0.2, 0.25) is 0 Å². The van der Waals surface area contributed by atoms with E-state index in [1.807, 2.05) is 85.7 Å². The lowest BCUT2D eigenvalue weighted by molar-refractivity contribution is 0.0251. The summed E-state index contributed by atoms with van der Waals surface area (Å²) in [5.41, 5.74) is 2.88. The van der Waals surface area contributed by atoms with Gasteiger partial charge >= 0.3 is 5.97 Å². The zero-order chi connectivity index (χ0) is 23.4. The van der Waals surface area contributed by atoms with Gasteiger partial charge in [-0.1, -0.05) is 55.6 Å². The van der Waals surface area contributed by atoms with E-state index in [0.29, 0.717) is 18.8 Å². The van der Waals surface area contributed by atoms with Crippen LogP contribution < -0.4 is 14.4 Å². The van der Waals surface area contributed by atoms with Gasteiger partial charge in [-0.15, -0.1) is 0 Å². The molecule has 1 heterocycles. The van der Waals surface area contributed by atoms with Gasteiger partial charge in [0.2, 0.25) is 0 Å². The van der Waals surface area contributed by atoms with Crippen LogP contribution >= 0.6 is 0 Å². The molecule has 0 N–H and O–H groups in total. The highest BCUT2D eigenvalue weighted by molar-refractivity contribution is 5.97. The van der Waals surface area contributed by atoms with Crippen molar-refractivity contribution in [1.82, 2.24) is 0 Å². The van der Waals surface area contributed by atoms with Crippen LogP contribution in [-0.4, -0.2) is 33.3 Å². The molecule has 0 unspecified atom stereocenters. The molecule has 1 aliphatic heterocycles. The molecule has 1 aliphatic rings. The summed E-state index contributed by atoms with van der Waals surface area (Å²) in [6.07, 6.45) is 3.39. The summed E-state index contributed by atoms with van der Waals surface area (Å²) >= 11 is 0. The first-order valence-corrected chi connectivity index (χ1v) is 10.7. The van der Waals surface area contributed by atoms with Crippen molar-refractivity contribution < 1.29 is 19.0 Å². The maximum absolute atomic E-state index is 13.1. The molecule has 4 rings (SSSR count). The average molecular weight is 442 g/mol. The third-order valence-electron chi connectivity index (χ3n) is 5.62. The van der Waals surface area contributed by atoms with Crippen molar-refractivity contribution in [2.75, 3.05) is 32.2 Å². The predicted molar refractivity (Wildman–Crippen MR) is 130 cm³/mol. The lowest BCUT2D eigenvalue weighted by Crippen LogP contribution is -2.29. The minimum absolute atomic E-state index is 0.354. The van der Waals surface area contributed by atoms with Crippen molar-refractivity contribution in [3.05, 3.63) is 114 Å². The fraction of sp³-hybridized carbons (Fsp3) is 0.179. The average Bonchev–Trinajstić information content (AvgIpc) is 3.14. The molecular formula is C28H27NO4. The topological polar surface area (TPSA) is 48.0 Å². The van der Waals surface area contributed by atoms with E-state index in [0.717, 1.165) is 33.9 Å². The maximum atomic E-state index is 13.1. The summed E-state index contributed by atoms with van der Waals surface area (Å²) in [4.78, 5) is 15.1. The molecule has 0 aromatic heterocycles. The Balaban J connectivity index is 1.85. The number of nitrogens with zero attached hydrogens (tertiary/aromatic N) is 1. The van der Waals surface area contributed by atoms with Crippen molar-refractivity contribution in [2.45, 2.75) is 5.60 Å². The molecule has 168 valence electrons. The Morgan fingerprint density at radius 1 is 0.848 bits per heavy atom. The van der Waals surface area contributed by atoms with E-state index in [1.54, 1.807) is 12.2 Å². The number of hydrogen-bond acceptors (Lipinski definition) is 5. The van der Waals surface area contributed by atoms with Gasteiger partial charge in [0, 0.05) is 36.5 Å². The van der Waals surface area contributed by atoms with Gasteiger partial charge in [0.05, 0.1) is 5.56 Å². The molecule has 0 bridgehead atoms. The molecule has 3 aromatic carbocycles. The molecule has 5 heteroatoms. The zero-order valence-electron chi connectivity index (χ0n) is 18.9. The lowest BCUT2D eigenvalue weighted by Gasteiger charge is -2.30. The van der Waals surface area contributed by atoms with E-state index in [-0.39, 0.29) is 5.97 Å². The number of hydrogen-bond donors (Lipinski definition) is 0. The number of cyclic esters (lactones) is 1. The first-order chi connectivity index (χ1) is 16.0. The quantitative estimate of drug-likeness (QED) is 0.331. The van der Waals surface area contributed by atoms with Gasteiger partial charge in [-0.2, -0.15) is 0 Å². The van der Waals surface area contributed by atoms with Crippen molar-refractivity contribution in [3.63, 3.8) is 0 Å². The van der Waals surface area contributed by atoms with Crippen molar-refractivity contribution in [1.29, 1.82) is 0 Å². The van der Waals surface area contributed by atoms with Crippen LogP contribution in [0.4, 0.5) is 5.69 Å². The summed E-state index contributed by atoms with van der Waals surface area (Å²) in [5, 5.41) is 0. The number of esters is 1. The molecule has 0 saturated heterocycles. The van der Waals surface area contributed by atoms with Crippen molar-refractivity contribution >= 4 is 11.7 Å². The fourth-order valence-electron chi connectivity index (χ4n) is 4.01. The van der Waals surface area contributed by atoms with Crippen LogP contribution in [0.3, 0.4) is 0 Å². The predicted octanol–water partition coefficient (Wildman–Crippen LogP) is 5.34. The van der Waals surface area contributed by atoms with E-state index in [2.05, 4.69) is 13.2 Å². The Hall–Kier alpha value is -3.99. The molecule has 0 atom stereocenters. The largest absolute Gasteiger partial charge is 0.490 e. The Morgan fingerprint density at radius 3 is 1.82 bits per heavy atom. The second-order valence-electron chi connectivity index (χ2n) is 7.94. The van der Waals surface area contributed by atoms with Crippen LogP contribution in [0.1, 0.15) is 27.0 Å². The molecule has 0 amide bonds. The fourth-order valence-corrected chi connectivity index (χ4v) is 4.01. The molecule has 3 aromatic rings. The second kappa shape index (κ2) is 9.25. The van der Waals surface area contributed by atoms with Crippen LogP contribution in [-0.2, 0) is 10.3 Å². The van der Waals surface area contributed by atoms with E-state index in [9.17, 15) is 4.79 Å². The van der Waals surface area contributed by atoms with Crippen LogP contribution in [0.5, 0.6) is 11.5 Å². The summed E-state index contributed by atoms with van der Waals surface area (Å²) in [6.45, 7) is 8.20. The highest BCUT2D eigenvalue weighted by Gasteiger charge is 2.48. The minimum atomic E-state index is -1.08. The molecule has 0 saturated carbocycles. The molecule has 0 fully saturated rings. The number of carbonyl (C=O) groups is 1. The van der Waals surface area contributed by atoms with Crippen LogP contribution in [0, 0.1) is 0 Å². The number of rotatable bonds is 9. The zero-order valence-corrected chi connectivity index (χ0v) is 18.9. The van der Waals surface area contributed by atoms with Gasteiger partial charge in [-0.05, 0) is 36.4 Å². The van der Waals surface area contributed by atoms with Gasteiger partial charge in [-0.3, -0.25) is 0 Å². The van der Waals surface area contributed by atoms with Gasteiger partial charge in [-0.25, -0.2) is 4.79 Å². The highest BCUT2D eigenvalue weighted by atomic mass is 16.6. The molecule has 0 aliphatic carbocycles. The summed E-state index contributed by atoms with van der Waals surface area (Å²) in [6, 6.07) is 21.1. The van der Waals surface area contributed by atoms with E-state index >= 15 is 0 Å². The third kappa shape index (κ3) is 4.10.